The van der Waals surface area contributed by atoms with E-state index in [2.05, 4.69) is 10.6 Å². The molecule has 2 aromatic rings. The highest BCUT2D eigenvalue weighted by atomic mass is 16.6. The molecule has 2 rings (SSSR count). The highest BCUT2D eigenvalue weighted by Gasteiger charge is 2.23. The molecular weight excluding hydrogens is 516 g/mol. The predicted molar refractivity (Wildman–Crippen MR) is 169 cm³/mol. The number of amides is 2. The summed E-state index contributed by atoms with van der Waals surface area (Å²) in [4.78, 5) is 29.4. The number of carbonyl (C=O) groups excluding carboxylic acids is 2. The maximum absolute atomic E-state index is 12.9. The summed E-state index contributed by atoms with van der Waals surface area (Å²) in [6.45, 7) is 15.4. The Morgan fingerprint density at radius 3 is 1.24 bits per heavy atom. The molecule has 0 fully saturated rings. The average molecular weight is 569 g/mol. The van der Waals surface area contributed by atoms with E-state index in [9.17, 15) is 9.59 Å². The highest BCUT2D eigenvalue weighted by molar-refractivity contribution is 5.68. The number of rotatable bonds is 16. The van der Waals surface area contributed by atoms with Gasteiger partial charge in [-0.1, -0.05) is 36.4 Å². The number of nitrogens with one attached hydrogen (secondary N) is 2. The van der Waals surface area contributed by atoms with Crippen molar-refractivity contribution in [3.8, 4) is 0 Å². The van der Waals surface area contributed by atoms with E-state index in [1.807, 2.05) is 102 Å². The molecule has 0 saturated carbocycles. The van der Waals surface area contributed by atoms with Crippen LogP contribution in [0, 0.1) is 0 Å². The fourth-order valence-corrected chi connectivity index (χ4v) is 4.14. The molecule has 0 heterocycles. The molecule has 0 atom stereocenters. The molecule has 228 valence electrons. The molecule has 0 aliphatic rings. The van der Waals surface area contributed by atoms with Crippen LogP contribution in [0.1, 0.15) is 73.6 Å². The fourth-order valence-electron chi connectivity index (χ4n) is 4.14. The Kier molecular flexibility index (Phi) is 14.3. The summed E-state index contributed by atoms with van der Waals surface area (Å²) in [6, 6.07) is 20.1. The molecule has 8 heteroatoms. The lowest BCUT2D eigenvalue weighted by atomic mass is 10.2. The smallest absolute Gasteiger partial charge is 0.410 e. The third-order valence-corrected chi connectivity index (χ3v) is 6.07. The largest absolute Gasteiger partial charge is 0.444 e. The lowest BCUT2D eigenvalue weighted by Gasteiger charge is -2.28. The van der Waals surface area contributed by atoms with Gasteiger partial charge in [0.15, 0.2) is 0 Å². The van der Waals surface area contributed by atoms with Gasteiger partial charge in [0.2, 0.25) is 0 Å². The molecule has 0 radical (unpaired) electrons. The zero-order valence-electron chi connectivity index (χ0n) is 26.1. The van der Waals surface area contributed by atoms with Crippen LogP contribution in [0.2, 0.25) is 0 Å². The first-order chi connectivity index (χ1) is 19.4. The number of nitrogens with zero attached hydrogens (tertiary/aromatic N) is 2. The molecule has 2 N–H and O–H groups in total. The Hall–Kier alpha value is -3.42. The second-order valence-corrected chi connectivity index (χ2v) is 12.3. The zero-order valence-corrected chi connectivity index (χ0v) is 26.1. The first-order valence-corrected chi connectivity index (χ1v) is 15.0. The van der Waals surface area contributed by atoms with E-state index in [-0.39, 0.29) is 12.2 Å². The minimum Gasteiger partial charge on any atom is -0.444 e. The molecule has 2 amide bonds. The summed E-state index contributed by atoms with van der Waals surface area (Å²) in [5, 5.41) is 6.80. The SMILES string of the molecule is CC(C)(C)OC(=O)N(CCCCCN(CCCNc1ccccc1)C(=O)OC(C)(C)C)CCCNc1ccccc1. The summed E-state index contributed by atoms with van der Waals surface area (Å²) in [7, 11) is 0. The fraction of sp³-hybridized carbons (Fsp3) is 0.576. The minimum atomic E-state index is -0.541. The number of ether oxygens (including phenoxy) is 2. The van der Waals surface area contributed by atoms with E-state index in [0.29, 0.717) is 26.2 Å². The maximum atomic E-state index is 12.9. The summed E-state index contributed by atoms with van der Waals surface area (Å²) in [6.07, 6.45) is 3.64. The first-order valence-electron chi connectivity index (χ1n) is 15.0. The Balaban J connectivity index is 1.81. The van der Waals surface area contributed by atoms with Crippen molar-refractivity contribution in [2.45, 2.75) is 84.8 Å². The van der Waals surface area contributed by atoms with Crippen LogP contribution in [-0.4, -0.2) is 72.5 Å². The molecule has 2 aromatic carbocycles. The third-order valence-electron chi connectivity index (χ3n) is 6.07. The van der Waals surface area contributed by atoms with Crippen molar-refractivity contribution in [1.29, 1.82) is 0 Å². The van der Waals surface area contributed by atoms with Crippen LogP contribution in [0.15, 0.2) is 60.7 Å². The van der Waals surface area contributed by atoms with Gasteiger partial charge in [0.1, 0.15) is 11.2 Å². The van der Waals surface area contributed by atoms with Crippen molar-refractivity contribution in [3.05, 3.63) is 60.7 Å². The highest BCUT2D eigenvalue weighted by Crippen LogP contribution is 2.14. The number of benzene rings is 2. The van der Waals surface area contributed by atoms with Gasteiger partial charge in [-0.25, -0.2) is 9.59 Å². The van der Waals surface area contributed by atoms with Gasteiger partial charge in [0.05, 0.1) is 0 Å². The summed E-state index contributed by atoms with van der Waals surface area (Å²) < 4.78 is 11.3. The summed E-state index contributed by atoms with van der Waals surface area (Å²) in [5.74, 6) is 0. The molecule has 0 aliphatic heterocycles. The Bertz CT molecular complexity index is 922. The lowest BCUT2D eigenvalue weighted by molar-refractivity contribution is 0.0243. The van der Waals surface area contributed by atoms with Gasteiger partial charge in [0, 0.05) is 50.6 Å². The quantitative estimate of drug-likeness (QED) is 0.203. The van der Waals surface area contributed by atoms with Gasteiger partial charge in [-0.3, -0.25) is 0 Å². The topological polar surface area (TPSA) is 83.1 Å². The number of carbonyl (C=O) groups is 2. The number of hydrogen-bond acceptors (Lipinski definition) is 6. The first kappa shape index (κ1) is 33.8. The maximum Gasteiger partial charge on any atom is 0.410 e. The number of hydrogen-bond donors (Lipinski definition) is 2. The van der Waals surface area contributed by atoms with E-state index in [1.54, 1.807) is 9.80 Å². The molecule has 0 aromatic heterocycles. The monoisotopic (exact) mass is 568 g/mol. The van der Waals surface area contributed by atoms with Crippen LogP contribution in [0.25, 0.3) is 0 Å². The molecule has 8 nitrogen and oxygen atoms in total. The number of para-hydroxylation sites is 2. The Morgan fingerprint density at radius 1 is 0.561 bits per heavy atom. The predicted octanol–water partition coefficient (Wildman–Crippen LogP) is 7.64. The van der Waals surface area contributed by atoms with Gasteiger partial charge in [0.25, 0.3) is 0 Å². The molecule has 0 bridgehead atoms. The summed E-state index contributed by atoms with van der Waals surface area (Å²) in [5.41, 5.74) is 1.06. The van der Waals surface area contributed by atoms with Crippen LogP contribution >= 0.6 is 0 Å². The second kappa shape index (κ2) is 17.4. The van der Waals surface area contributed by atoms with Crippen molar-refractivity contribution in [1.82, 2.24) is 9.80 Å². The van der Waals surface area contributed by atoms with Gasteiger partial charge in [-0.05, 0) is 97.9 Å². The molecule has 0 unspecified atom stereocenters. The van der Waals surface area contributed by atoms with Crippen molar-refractivity contribution in [3.63, 3.8) is 0 Å². The molecule has 41 heavy (non-hydrogen) atoms. The molecular formula is C33H52N4O4. The van der Waals surface area contributed by atoms with Crippen molar-refractivity contribution >= 4 is 23.6 Å². The van der Waals surface area contributed by atoms with Gasteiger partial charge in [-0.15, -0.1) is 0 Å². The van der Waals surface area contributed by atoms with E-state index >= 15 is 0 Å². The zero-order chi connectivity index (χ0) is 30.1. The average Bonchev–Trinajstić information content (AvgIpc) is 2.90. The Labute approximate surface area is 247 Å². The standard InChI is InChI=1S/C33H52N4O4/c1-32(2,3)40-30(38)36(26-16-22-34-28-18-10-7-11-19-28)24-14-9-15-25-37(31(39)41-33(4,5)6)27-17-23-35-29-20-12-8-13-21-29/h7-8,10-13,18-21,34-35H,9,14-17,22-27H2,1-6H3. The van der Waals surface area contributed by atoms with E-state index < -0.39 is 11.2 Å². The van der Waals surface area contributed by atoms with Crippen LogP contribution < -0.4 is 10.6 Å². The van der Waals surface area contributed by atoms with Crippen molar-refractivity contribution in [2.24, 2.45) is 0 Å². The number of anilines is 2. The van der Waals surface area contributed by atoms with Crippen molar-refractivity contribution in [2.75, 3.05) is 49.9 Å². The number of unbranched alkanes of at least 4 members (excludes halogenated alkanes) is 2. The third kappa shape index (κ3) is 15.8. The van der Waals surface area contributed by atoms with E-state index in [4.69, 9.17) is 9.47 Å². The van der Waals surface area contributed by atoms with E-state index in [0.717, 1.165) is 56.6 Å². The van der Waals surface area contributed by atoms with Crippen LogP contribution in [0.4, 0.5) is 21.0 Å². The van der Waals surface area contributed by atoms with E-state index in [1.165, 1.54) is 0 Å². The van der Waals surface area contributed by atoms with Gasteiger partial charge >= 0.3 is 12.2 Å². The Morgan fingerprint density at radius 2 is 0.902 bits per heavy atom. The molecule has 0 saturated heterocycles. The van der Waals surface area contributed by atoms with Crippen LogP contribution in [-0.2, 0) is 9.47 Å². The molecule has 0 aliphatic carbocycles. The van der Waals surface area contributed by atoms with Crippen LogP contribution in [0.5, 0.6) is 0 Å². The molecule has 0 spiro atoms. The van der Waals surface area contributed by atoms with Crippen LogP contribution in [0.3, 0.4) is 0 Å². The second-order valence-electron chi connectivity index (χ2n) is 12.3. The minimum absolute atomic E-state index is 0.279. The van der Waals surface area contributed by atoms with Gasteiger partial charge < -0.3 is 29.9 Å². The lowest BCUT2D eigenvalue weighted by Crippen LogP contribution is -2.39. The normalized spacial score (nSPS) is 11.5. The van der Waals surface area contributed by atoms with Crippen molar-refractivity contribution < 1.29 is 19.1 Å². The summed E-state index contributed by atoms with van der Waals surface area (Å²) >= 11 is 0. The van der Waals surface area contributed by atoms with Gasteiger partial charge in [-0.2, -0.15) is 0 Å².